The van der Waals surface area contributed by atoms with E-state index in [1.54, 1.807) is 0 Å². The van der Waals surface area contributed by atoms with Gasteiger partial charge in [-0.15, -0.1) is 0 Å². The van der Waals surface area contributed by atoms with E-state index < -0.39 is 5.82 Å². The summed E-state index contributed by atoms with van der Waals surface area (Å²) in [6.07, 6.45) is 3.54. The Kier molecular flexibility index (Phi) is 4.53. The van der Waals surface area contributed by atoms with Crippen molar-refractivity contribution in [3.63, 3.8) is 0 Å². The molecule has 0 radical (unpaired) electrons. The van der Waals surface area contributed by atoms with Crippen LogP contribution in [0, 0.1) is 23.6 Å². The second-order valence-electron chi connectivity index (χ2n) is 4.68. The van der Waals surface area contributed by atoms with Gasteiger partial charge in [-0.2, -0.15) is 0 Å². The van der Waals surface area contributed by atoms with Crippen LogP contribution in [-0.4, -0.2) is 19.0 Å². The van der Waals surface area contributed by atoms with Gasteiger partial charge < -0.3 is 11.1 Å². The molecule has 1 fully saturated rings. The van der Waals surface area contributed by atoms with E-state index in [9.17, 15) is 9.18 Å². The molecule has 0 atom stereocenters. The Hall–Kier alpha value is -1.86. The minimum atomic E-state index is -0.407. The zero-order valence-electron chi connectivity index (χ0n) is 10.7. The Morgan fingerprint density at radius 3 is 2.95 bits per heavy atom. The van der Waals surface area contributed by atoms with E-state index in [0.717, 1.165) is 12.3 Å². The number of nitrogens with one attached hydrogen (secondary N) is 1. The molecule has 0 heterocycles. The molecule has 100 valence electrons. The second kappa shape index (κ2) is 6.35. The van der Waals surface area contributed by atoms with E-state index in [4.69, 9.17) is 5.73 Å². The summed E-state index contributed by atoms with van der Waals surface area (Å²) < 4.78 is 13.2. The summed E-state index contributed by atoms with van der Waals surface area (Å²) >= 11 is 0. The first-order chi connectivity index (χ1) is 9.20. The van der Waals surface area contributed by atoms with Crippen LogP contribution >= 0.6 is 0 Å². The topological polar surface area (TPSA) is 55.1 Å². The summed E-state index contributed by atoms with van der Waals surface area (Å²) in [5.41, 5.74) is 6.08. The van der Waals surface area contributed by atoms with E-state index in [2.05, 4.69) is 17.2 Å². The van der Waals surface area contributed by atoms with E-state index in [1.807, 2.05) is 0 Å². The van der Waals surface area contributed by atoms with Gasteiger partial charge in [0.25, 0.3) is 5.91 Å². The Bertz CT molecular complexity index is 527. The molecule has 1 saturated carbocycles. The third kappa shape index (κ3) is 4.08. The van der Waals surface area contributed by atoms with Crippen LogP contribution in [0.5, 0.6) is 0 Å². The highest BCUT2D eigenvalue weighted by molar-refractivity contribution is 5.96. The van der Waals surface area contributed by atoms with Gasteiger partial charge >= 0.3 is 0 Å². The van der Waals surface area contributed by atoms with Gasteiger partial charge in [0.1, 0.15) is 5.82 Å². The van der Waals surface area contributed by atoms with Crippen molar-refractivity contribution in [1.29, 1.82) is 0 Å². The molecule has 1 aliphatic carbocycles. The Morgan fingerprint density at radius 1 is 1.47 bits per heavy atom. The fraction of sp³-hybridized carbons (Fsp3) is 0.400. The van der Waals surface area contributed by atoms with Gasteiger partial charge in [0.05, 0.1) is 12.1 Å². The highest BCUT2D eigenvalue weighted by Gasteiger charge is 2.21. The highest BCUT2D eigenvalue weighted by Crippen LogP contribution is 2.31. The lowest BCUT2D eigenvalue weighted by molar-refractivity contribution is 0.0952. The minimum Gasteiger partial charge on any atom is -0.352 e. The van der Waals surface area contributed by atoms with Crippen molar-refractivity contribution in [2.24, 2.45) is 11.7 Å². The first kappa shape index (κ1) is 13.6. The number of amides is 1. The predicted octanol–water partition coefficient (Wildman–Crippen LogP) is 1.67. The Balaban J connectivity index is 2.05. The quantitative estimate of drug-likeness (QED) is 0.809. The molecule has 0 aromatic heterocycles. The molecule has 1 aromatic carbocycles. The van der Waals surface area contributed by atoms with Crippen LogP contribution in [0.15, 0.2) is 18.2 Å². The molecule has 3 N–H and O–H groups in total. The molecule has 3 nitrogen and oxygen atoms in total. The van der Waals surface area contributed by atoms with Gasteiger partial charge in [-0.1, -0.05) is 24.7 Å². The van der Waals surface area contributed by atoms with Crippen molar-refractivity contribution in [2.45, 2.75) is 19.3 Å². The third-order valence-electron chi connectivity index (χ3n) is 3.09. The fourth-order valence-corrected chi connectivity index (χ4v) is 1.86. The summed E-state index contributed by atoms with van der Waals surface area (Å²) in [6.45, 7) is 0.837. The second-order valence-corrected chi connectivity index (χ2v) is 4.68. The summed E-state index contributed by atoms with van der Waals surface area (Å²) in [5.74, 6) is 5.53. The first-order valence-corrected chi connectivity index (χ1v) is 6.47. The van der Waals surface area contributed by atoms with Crippen LogP contribution < -0.4 is 11.1 Å². The molecule has 0 bridgehead atoms. The number of nitrogens with two attached hydrogens (primary N) is 1. The first-order valence-electron chi connectivity index (χ1n) is 6.47. The van der Waals surface area contributed by atoms with Crippen LogP contribution in [-0.2, 0) is 0 Å². The smallest absolute Gasteiger partial charge is 0.252 e. The largest absolute Gasteiger partial charge is 0.352 e. The number of halogens is 1. The predicted molar refractivity (Wildman–Crippen MR) is 72.0 cm³/mol. The van der Waals surface area contributed by atoms with Crippen LogP contribution in [0.4, 0.5) is 4.39 Å². The maximum Gasteiger partial charge on any atom is 0.252 e. The lowest BCUT2D eigenvalue weighted by Gasteiger charge is -2.06. The molecule has 1 amide bonds. The molecular weight excluding hydrogens is 243 g/mol. The van der Waals surface area contributed by atoms with Gasteiger partial charge in [-0.05, 0) is 30.5 Å². The SMILES string of the molecule is NCC#Cc1cc(F)ccc1C(=O)NCCC1CC1. The van der Waals surface area contributed by atoms with Crippen LogP contribution in [0.2, 0.25) is 0 Å². The zero-order chi connectivity index (χ0) is 13.7. The van der Waals surface area contributed by atoms with E-state index in [1.165, 1.54) is 31.0 Å². The maximum absolute atomic E-state index is 13.2. The van der Waals surface area contributed by atoms with Crippen LogP contribution in [0.1, 0.15) is 35.2 Å². The lowest BCUT2D eigenvalue weighted by atomic mass is 10.1. The van der Waals surface area contributed by atoms with E-state index in [-0.39, 0.29) is 12.5 Å². The number of carbonyl (C=O) groups is 1. The molecule has 4 heteroatoms. The van der Waals surface area contributed by atoms with Gasteiger partial charge in [-0.25, -0.2) is 4.39 Å². The van der Waals surface area contributed by atoms with Crippen molar-refractivity contribution in [2.75, 3.05) is 13.1 Å². The monoisotopic (exact) mass is 260 g/mol. The molecule has 1 aliphatic rings. The summed E-state index contributed by atoms with van der Waals surface area (Å²) in [4.78, 5) is 12.0. The number of hydrogen-bond acceptors (Lipinski definition) is 2. The Labute approximate surface area is 112 Å². The lowest BCUT2D eigenvalue weighted by Crippen LogP contribution is -2.25. The fourth-order valence-electron chi connectivity index (χ4n) is 1.86. The third-order valence-corrected chi connectivity index (χ3v) is 3.09. The van der Waals surface area contributed by atoms with Crippen LogP contribution in [0.25, 0.3) is 0 Å². The van der Waals surface area contributed by atoms with E-state index in [0.29, 0.717) is 17.7 Å². The molecule has 0 saturated heterocycles. The van der Waals surface area contributed by atoms with Gasteiger partial charge in [0.2, 0.25) is 0 Å². The molecule has 0 unspecified atom stereocenters. The van der Waals surface area contributed by atoms with Crippen molar-refractivity contribution >= 4 is 5.91 Å². The van der Waals surface area contributed by atoms with E-state index >= 15 is 0 Å². The molecule has 19 heavy (non-hydrogen) atoms. The highest BCUT2D eigenvalue weighted by atomic mass is 19.1. The number of rotatable bonds is 4. The van der Waals surface area contributed by atoms with Gasteiger partial charge in [0.15, 0.2) is 0 Å². The molecular formula is C15H17FN2O. The van der Waals surface area contributed by atoms with Crippen molar-refractivity contribution in [3.8, 4) is 11.8 Å². The molecule has 1 aromatic rings. The number of benzene rings is 1. The zero-order valence-corrected chi connectivity index (χ0v) is 10.7. The maximum atomic E-state index is 13.2. The summed E-state index contributed by atoms with van der Waals surface area (Å²) in [6, 6.07) is 3.99. The van der Waals surface area contributed by atoms with Gasteiger partial charge in [-0.3, -0.25) is 4.79 Å². The standard InChI is InChI=1S/C15H17FN2O/c16-13-5-6-14(12(10-13)2-1-8-17)15(19)18-9-7-11-3-4-11/h5-6,10-11H,3-4,7-9,17H2,(H,18,19). The number of carbonyl (C=O) groups excluding carboxylic acids is 1. The Morgan fingerprint density at radius 2 is 2.26 bits per heavy atom. The van der Waals surface area contributed by atoms with Crippen molar-refractivity contribution in [3.05, 3.63) is 35.1 Å². The van der Waals surface area contributed by atoms with Crippen molar-refractivity contribution < 1.29 is 9.18 Å². The average Bonchev–Trinajstić information content (AvgIpc) is 3.20. The normalized spacial score (nSPS) is 13.6. The summed E-state index contributed by atoms with van der Waals surface area (Å²) in [5, 5.41) is 2.85. The van der Waals surface area contributed by atoms with Crippen LogP contribution in [0.3, 0.4) is 0 Å². The summed E-state index contributed by atoms with van der Waals surface area (Å²) in [7, 11) is 0. The van der Waals surface area contributed by atoms with Gasteiger partial charge in [0, 0.05) is 12.1 Å². The molecule has 2 rings (SSSR count). The van der Waals surface area contributed by atoms with Crippen molar-refractivity contribution in [1.82, 2.24) is 5.32 Å². The minimum absolute atomic E-state index is 0.180. The number of hydrogen-bond donors (Lipinski definition) is 2. The average molecular weight is 260 g/mol. The molecule has 0 spiro atoms. The molecule has 0 aliphatic heterocycles.